The van der Waals surface area contributed by atoms with Gasteiger partial charge < -0.3 is 14.8 Å². The summed E-state index contributed by atoms with van der Waals surface area (Å²) in [5.74, 6) is 0.914. The molecular weight excluding hydrogens is 250 g/mol. The van der Waals surface area contributed by atoms with Gasteiger partial charge in [0.05, 0.1) is 13.2 Å². The number of hydrogen-bond acceptors (Lipinski definition) is 3. The van der Waals surface area contributed by atoms with Crippen LogP contribution in [0.15, 0.2) is 48.5 Å². The van der Waals surface area contributed by atoms with Crippen LogP contribution in [0.4, 0.5) is 5.69 Å². The van der Waals surface area contributed by atoms with Gasteiger partial charge in [-0.1, -0.05) is 30.3 Å². The van der Waals surface area contributed by atoms with Crippen molar-refractivity contribution in [3.63, 3.8) is 0 Å². The first-order chi connectivity index (χ1) is 9.83. The molecule has 0 aliphatic heterocycles. The Morgan fingerprint density at radius 3 is 2.70 bits per heavy atom. The number of anilines is 1. The normalized spacial score (nSPS) is 10.3. The molecule has 0 spiro atoms. The van der Waals surface area contributed by atoms with Crippen LogP contribution in [-0.4, -0.2) is 13.7 Å². The summed E-state index contributed by atoms with van der Waals surface area (Å²) in [6, 6.07) is 16.3. The zero-order chi connectivity index (χ0) is 14.2. The highest BCUT2D eigenvalue weighted by molar-refractivity contribution is 5.51. The molecule has 0 saturated heterocycles. The van der Waals surface area contributed by atoms with Crippen molar-refractivity contribution in [3.8, 4) is 5.75 Å². The lowest BCUT2D eigenvalue weighted by molar-refractivity contribution is 0.185. The lowest BCUT2D eigenvalue weighted by Gasteiger charge is -2.12. The van der Waals surface area contributed by atoms with Gasteiger partial charge in [0.2, 0.25) is 0 Å². The summed E-state index contributed by atoms with van der Waals surface area (Å²) in [7, 11) is 1.71. The average molecular weight is 271 g/mol. The Bertz CT molecular complexity index is 540. The first-order valence-electron chi connectivity index (χ1n) is 6.86. The first-order valence-corrected chi connectivity index (χ1v) is 6.86. The first kappa shape index (κ1) is 14.4. The molecule has 2 rings (SSSR count). The van der Waals surface area contributed by atoms with Gasteiger partial charge in [-0.3, -0.25) is 0 Å². The van der Waals surface area contributed by atoms with E-state index in [2.05, 4.69) is 29.6 Å². The molecule has 0 unspecified atom stereocenters. The Hall–Kier alpha value is -2.00. The van der Waals surface area contributed by atoms with Crippen LogP contribution in [0.5, 0.6) is 5.75 Å². The molecule has 0 atom stereocenters. The maximum absolute atomic E-state index is 5.51. The largest absolute Gasteiger partial charge is 0.494 e. The monoisotopic (exact) mass is 271 g/mol. The fourth-order valence-corrected chi connectivity index (χ4v) is 2.08. The molecule has 0 aromatic heterocycles. The third-order valence-corrected chi connectivity index (χ3v) is 3.01. The highest BCUT2D eigenvalue weighted by Gasteiger charge is 2.02. The van der Waals surface area contributed by atoms with Crippen molar-refractivity contribution in [3.05, 3.63) is 59.7 Å². The maximum atomic E-state index is 5.51. The molecule has 3 nitrogen and oxygen atoms in total. The summed E-state index contributed by atoms with van der Waals surface area (Å²) in [5, 5.41) is 3.45. The third-order valence-electron chi connectivity index (χ3n) is 3.01. The topological polar surface area (TPSA) is 30.5 Å². The summed E-state index contributed by atoms with van der Waals surface area (Å²) in [5.41, 5.74) is 3.47. The molecule has 0 saturated carbocycles. The van der Waals surface area contributed by atoms with Crippen LogP contribution in [-0.2, 0) is 17.9 Å². The highest BCUT2D eigenvalue weighted by atomic mass is 16.5. The van der Waals surface area contributed by atoms with Crippen LogP contribution in [0.2, 0.25) is 0 Å². The van der Waals surface area contributed by atoms with E-state index >= 15 is 0 Å². The van der Waals surface area contributed by atoms with Crippen LogP contribution >= 0.6 is 0 Å². The summed E-state index contributed by atoms with van der Waals surface area (Å²) in [6.45, 7) is 4.06. The van der Waals surface area contributed by atoms with Gasteiger partial charge in [-0.15, -0.1) is 0 Å². The molecule has 3 heteroatoms. The third kappa shape index (κ3) is 4.00. The lowest BCUT2D eigenvalue weighted by Crippen LogP contribution is -2.03. The van der Waals surface area contributed by atoms with E-state index < -0.39 is 0 Å². The molecule has 0 aliphatic carbocycles. The zero-order valence-electron chi connectivity index (χ0n) is 12.1. The number of benzene rings is 2. The molecule has 0 radical (unpaired) electrons. The van der Waals surface area contributed by atoms with Crippen LogP contribution in [0.1, 0.15) is 18.1 Å². The number of methoxy groups -OCH3 is 1. The molecule has 0 aliphatic rings. The summed E-state index contributed by atoms with van der Waals surface area (Å²) in [6.07, 6.45) is 0. The molecule has 20 heavy (non-hydrogen) atoms. The van der Waals surface area contributed by atoms with E-state index in [0.717, 1.165) is 23.5 Å². The minimum absolute atomic E-state index is 0.613. The van der Waals surface area contributed by atoms with Gasteiger partial charge in [-0.05, 0) is 30.7 Å². The van der Waals surface area contributed by atoms with Gasteiger partial charge in [-0.25, -0.2) is 0 Å². The van der Waals surface area contributed by atoms with E-state index in [1.807, 2.05) is 31.2 Å². The highest BCUT2D eigenvalue weighted by Crippen LogP contribution is 2.18. The predicted octanol–water partition coefficient (Wildman–Crippen LogP) is 3.84. The molecule has 0 heterocycles. The van der Waals surface area contributed by atoms with E-state index in [9.17, 15) is 0 Å². The summed E-state index contributed by atoms with van der Waals surface area (Å²) < 4.78 is 10.7. The molecule has 106 valence electrons. The minimum atomic E-state index is 0.613. The Kier molecular flexibility index (Phi) is 5.44. The van der Waals surface area contributed by atoms with Crippen molar-refractivity contribution >= 4 is 5.69 Å². The van der Waals surface area contributed by atoms with E-state index in [4.69, 9.17) is 9.47 Å². The van der Waals surface area contributed by atoms with E-state index in [-0.39, 0.29) is 0 Å². The van der Waals surface area contributed by atoms with Gasteiger partial charge >= 0.3 is 0 Å². The van der Waals surface area contributed by atoms with Crippen molar-refractivity contribution in [2.75, 3.05) is 19.0 Å². The smallest absolute Gasteiger partial charge is 0.119 e. The average Bonchev–Trinajstić information content (AvgIpc) is 2.47. The standard InChI is InChI=1S/C17H21NO2/c1-3-20-16-9-6-7-14(11-16)12-18-17-10-5-4-8-15(17)13-19-2/h4-11,18H,3,12-13H2,1-2H3. The Morgan fingerprint density at radius 2 is 1.90 bits per heavy atom. The second-order valence-electron chi connectivity index (χ2n) is 4.52. The summed E-state index contributed by atoms with van der Waals surface area (Å²) >= 11 is 0. The van der Waals surface area contributed by atoms with Crippen molar-refractivity contribution in [1.29, 1.82) is 0 Å². The van der Waals surface area contributed by atoms with E-state index in [1.165, 1.54) is 5.56 Å². The quantitative estimate of drug-likeness (QED) is 0.830. The lowest BCUT2D eigenvalue weighted by atomic mass is 10.1. The Balaban J connectivity index is 2.03. The van der Waals surface area contributed by atoms with Crippen LogP contribution in [0, 0.1) is 0 Å². The summed E-state index contributed by atoms with van der Waals surface area (Å²) in [4.78, 5) is 0. The van der Waals surface area contributed by atoms with Gasteiger partial charge in [0, 0.05) is 24.9 Å². The Labute approximate surface area is 120 Å². The zero-order valence-corrected chi connectivity index (χ0v) is 12.1. The fraction of sp³-hybridized carbons (Fsp3) is 0.294. The van der Waals surface area contributed by atoms with E-state index in [0.29, 0.717) is 13.2 Å². The molecule has 0 fully saturated rings. The predicted molar refractivity (Wildman–Crippen MR) is 82.1 cm³/mol. The van der Waals surface area contributed by atoms with Gasteiger partial charge in [0.1, 0.15) is 5.75 Å². The van der Waals surface area contributed by atoms with Gasteiger partial charge in [0.15, 0.2) is 0 Å². The van der Waals surface area contributed by atoms with Gasteiger partial charge in [-0.2, -0.15) is 0 Å². The molecule has 0 bridgehead atoms. The number of rotatable bonds is 7. The second kappa shape index (κ2) is 7.56. The Morgan fingerprint density at radius 1 is 1.05 bits per heavy atom. The minimum Gasteiger partial charge on any atom is -0.494 e. The molecular formula is C17H21NO2. The maximum Gasteiger partial charge on any atom is 0.119 e. The SMILES string of the molecule is CCOc1cccc(CNc2ccccc2COC)c1. The number of hydrogen-bond donors (Lipinski definition) is 1. The molecule has 2 aromatic rings. The van der Waals surface area contributed by atoms with Crippen LogP contribution in [0.25, 0.3) is 0 Å². The van der Waals surface area contributed by atoms with E-state index in [1.54, 1.807) is 7.11 Å². The molecule has 1 N–H and O–H groups in total. The fourth-order valence-electron chi connectivity index (χ4n) is 2.08. The van der Waals surface area contributed by atoms with Crippen molar-refractivity contribution in [2.24, 2.45) is 0 Å². The van der Waals surface area contributed by atoms with Crippen LogP contribution in [0.3, 0.4) is 0 Å². The van der Waals surface area contributed by atoms with Crippen molar-refractivity contribution in [2.45, 2.75) is 20.1 Å². The number of para-hydroxylation sites is 1. The van der Waals surface area contributed by atoms with Crippen LogP contribution < -0.4 is 10.1 Å². The van der Waals surface area contributed by atoms with Crippen molar-refractivity contribution in [1.82, 2.24) is 0 Å². The van der Waals surface area contributed by atoms with Crippen molar-refractivity contribution < 1.29 is 9.47 Å². The second-order valence-corrected chi connectivity index (χ2v) is 4.52. The van der Waals surface area contributed by atoms with Gasteiger partial charge in [0.25, 0.3) is 0 Å². The molecule has 2 aromatic carbocycles. The molecule has 0 amide bonds. The number of nitrogens with one attached hydrogen (secondary N) is 1. The number of ether oxygens (including phenoxy) is 2.